The number of ether oxygens (including phenoxy) is 2. The lowest BCUT2D eigenvalue weighted by atomic mass is 10.1. The number of benzene rings is 2. The summed E-state index contributed by atoms with van der Waals surface area (Å²) >= 11 is 12.4. The number of nitrogens with zero attached hydrogens (tertiary/aromatic N) is 2. The van der Waals surface area contributed by atoms with Crippen molar-refractivity contribution in [2.75, 3.05) is 39.4 Å². The molecule has 2 atom stereocenters. The molecular weight excluding hydrogens is 547 g/mol. The van der Waals surface area contributed by atoms with Gasteiger partial charge < -0.3 is 19.7 Å². The van der Waals surface area contributed by atoms with Gasteiger partial charge in [0.2, 0.25) is 0 Å². The Balaban J connectivity index is 1.67. The molecule has 0 aliphatic carbocycles. The Hall–Kier alpha value is -1.54. The molecule has 226 valence electrons. The third kappa shape index (κ3) is 13.0. The minimum atomic E-state index is -0.587. The summed E-state index contributed by atoms with van der Waals surface area (Å²) in [5, 5.41) is 22.3. The second-order valence-corrected chi connectivity index (χ2v) is 12.2. The standard InChI is InChI=1S/C32H50Cl2N2O4/c1-23(2)35(19-27(37)21-39-31-17-25(5)11-13-29(31)33)15-9-7-8-10-16-36(24(3)4)20-28(38)22-40-32-18-26(6)12-14-30(32)34/h11-14,17-18,23-24,27-28,37-38H,7-10,15-16,19-22H2,1-6H3. The summed E-state index contributed by atoms with van der Waals surface area (Å²) < 4.78 is 11.6. The van der Waals surface area contributed by atoms with Crippen molar-refractivity contribution < 1.29 is 19.7 Å². The van der Waals surface area contributed by atoms with Crippen LogP contribution in [0.2, 0.25) is 10.0 Å². The molecule has 0 aliphatic heterocycles. The van der Waals surface area contributed by atoms with E-state index in [2.05, 4.69) is 37.5 Å². The molecule has 0 spiro atoms. The molecule has 8 heteroatoms. The number of unbranched alkanes of at least 4 members (excludes halogenated alkanes) is 3. The van der Waals surface area contributed by atoms with Gasteiger partial charge in [-0.05, 0) is 103 Å². The maximum absolute atomic E-state index is 10.6. The Morgan fingerprint density at radius 3 is 1.38 bits per heavy atom. The van der Waals surface area contributed by atoms with Crippen molar-refractivity contribution in [3.05, 3.63) is 57.6 Å². The Labute approximate surface area is 252 Å². The van der Waals surface area contributed by atoms with Gasteiger partial charge in [-0.25, -0.2) is 0 Å². The van der Waals surface area contributed by atoms with Gasteiger partial charge in [-0.1, -0.05) is 48.2 Å². The highest BCUT2D eigenvalue weighted by Crippen LogP contribution is 2.26. The van der Waals surface area contributed by atoms with E-state index in [-0.39, 0.29) is 13.2 Å². The molecule has 6 nitrogen and oxygen atoms in total. The lowest BCUT2D eigenvalue weighted by molar-refractivity contribution is 0.0552. The number of halogens is 2. The van der Waals surface area contributed by atoms with Crippen LogP contribution in [-0.4, -0.2) is 83.7 Å². The van der Waals surface area contributed by atoms with Crippen LogP contribution in [-0.2, 0) is 0 Å². The molecule has 0 bridgehead atoms. The second-order valence-electron chi connectivity index (χ2n) is 11.4. The normalized spacial score (nSPS) is 13.4. The van der Waals surface area contributed by atoms with E-state index in [9.17, 15) is 10.2 Å². The largest absolute Gasteiger partial charge is 0.489 e. The molecule has 0 aliphatic rings. The molecule has 2 aromatic rings. The monoisotopic (exact) mass is 596 g/mol. The van der Waals surface area contributed by atoms with Gasteiger partial charge in [-0.2, -0.15) is 0 Å². The minimum Gasteiger partial charge on any atom is -0.489 e. The van der Waals surface area contributed by atoms with Crippen LogP contribution >= 0.6 is 23.2 Å². The third-order valence-corrected chi connectivity index (χ3v) is 7.65. The summed E-state index contributed by atoms with van der Waals surface area (Å²) in [5.74, 6) is 1.23. The summed E-state index contributed by atoms with van der Waals surface area (Å²) in [6.45, 7) is 16.1. The maximum atomic E-state index is 10.6. The molecule has 2 unspecified atom stereocenters. The minimum absolute atomic E-state index is 0.215. The molecule has 0 aromatic heterocycles. The number of aliphatic hydroxyl groups excluding tert-OH is 2. The van der Waals surface area contributed by atoms with Crippen molar-refractivity contribution in [2.24, 2.45) is 0 Å². The molecule has 40 heavy (non-hydrogen) atoms. The van der Waals surface area contributed by atoms with E-state index in [0.29, 0.717) is 46.7 Å². The number of hydrogen-bond donors (Lipinski definition) is 2. The molecule has 0 fully saturated rings. The van der Waals surface area contributed by atoms with Crippen molar-refractivity contribution >= 4 is 23.2 Å². The van der Waals surface area contributed by atoms with E-state index in [1.54, 1.807) is 0 Å². The molecule has 2 aromatic carbocycles. The van der Waals surface area contributed by atoms with Gasteiger partial charge in [0.25, 0.3) is 0 Å². The number of aliphatic hydroxyl groups is 2. The topological polar surface area (TPSA) is 65.4 Å². The highest BCUT2D eigenvalue weighted by Gasteiger charge is 2.17. The van der Waals surface area contributed by atoms with E-state index in [1.807, 2.05) is 50.2 Å². The molecular formula is C32H50Cl2N2O4. The van der Waals surface area contributed by atoms with Gasteiger partial charge in [0.1, 0.15) is 36.9 Å². The Kier molecular flexibility index (Phi) is 15.7. The summed E-state index contributed by atoms with van der Waals surface area (Å²) in [5.41, 5.74) is 2.14. The lowest BCUT2D eigenvalue weighted by Crippen LogP contribution is -2.40. The lowest BCUT2D eigenvalue weighted by Gasteiger charge is -2.29. The fourth-order valence-electron chi connectivity index (χ4n) is 4.57. The van der Waals surface area contributed by atoms with Crippen molar-refractivity contribution in [1.82, 2.24) is 9.80 Å². The molecule has 0 saturated heterocycles. The third-order valence-electron chi connectivity index (χ3n) is 7.03. The SMILES string of the molecule is Cc1ccc(Cl)c(OCC(O)CN(CCCCCCN(CC(O)COc2cc(C)ccc2Cl)C(C)C)C(C)C)c1. The van der Waals surface area contributed by atoms with Crippen LogP contribution < -0.4 is 9.47 Å². The number of aryl methyl sites for hydroxylation is 2. The predicted molar refractivity (Wildman–Crippen MR) is 167 cm³/mol. The average Bonchev–Trinajstić information content (AvgIpc) is 2.89. The van der Waals surface area contributed by atoms with E-state index in [4.69, 9.17) is 32.7 Å². The fourth-order valence-corrected chi connectivity index (χ4v) is 4.91. The summed E-state index contributed by atoms with van der Waals surface area (Å²) in [4.78, 5) is 4.62. The van der Waals surface area contributed by atoms with Crippen LogP contribution in [0.15, 0.2) is 36.4 Å². The molecule has 0 radical (unpaired) electrons. The first-order valence-corrected chi connectivity index (χ1v) is 15.3. The van der Waals surface area contributed by atoms with Gasteiger partial charge in [0.15, 0.2) is 0 Å². The zero-order valence-corrected chi connectivity index (χ0v) is 26.7. The first-order valence-electron chi connectivity index (χ1n) is 14.6. The van der Waals surface area contributed by atoms with E-state index < -0.39 is 12.2 Å². The van der Waals surface area contributed by atoms with Crippen molar-refractivity contribution in [2.45, 2.75) is 91.5 Å². The summed E-state index contributed by atoms with van der Waals surface area (Å²) in [6, 6.07) is 12.0. The zero-order valence-electron chi connectivity index (χ0n) is 25.2. The Morgan fingerprint density at radius 2 is 1.02 bits per heavy atom. The van der Waals surface area contributed by atoms with Crippen molar-refractivity contribution in [1.29, 1.82) is 0 Å². The summed E-state index contributed by atoms with van der Waals surface area (Å²) in [7, 11) is 0. The molecule has 0 saturated carbocycles. The molecule has 0 heterocycles. The smallest absolute Gasteiger partial charge is 0.138 e. The Morgan fingerprint density at radius 1 is 0.650 bits per heavy atom. The Bertz CT molecular complexity index is 925. The van der Waals surface area contributed by atoms with Gasteiger partial charge in [-0.3, -0.25) is 9.80 Å². The summed E-state index contributed by atoms with van der Waals surface area (Å²) in [6.07, 6.45) is 3.22. The predicted octanol–water partition coefficient (Wildman–Crippen LogP) is 6.77. The van der Waals surface area contributed by atoms with Gasteiger partial charge in [0, 0.05) is 25.2 Å². The van der Waals surface area contributed by atoms with E-state index in [1.165, 1.54) is 0 Å². The molecule has 0 amide bonds. The van der Waals surface area contributed by atoms with Gasteiger partial charge in [0.05, 0.1) is 10.0 Å². The van der Waals surface area contributed by atoms with Crippen LogP contribution in [0.1, 0.15) is 64.5 Å². The van der Waals surface area contributed by atoms with Crippen molar-refractivity contribution in [3.63, 3.8) is 0 Å². The second kappa shape index (κ2) is 18.1. The fraction of sp³-hybridized carbons (Fsp3) is 0.625. The van der Waals surface area contributed by atoms with Crippen molar-refractivity contribution in [3.8, 4) is 11.5 Å². The zero-order chi connectivity index (χ0) is 29.7. The number of hydrogen-bond acceptors (Lipinski definition) is 6. The van der Waals surface area contributed by atoms with Crippen LogP contribution in [0.3, 0.4) is 0 Å². The quantitative estimate of drug-likeness (QED) is 0.174. The average molecular weight is 598 g/mol. The van der Waals surface area contributed by atoms with Crippen LogP contribution in [0, 0.1) is 13.8 Å². The molecule has 2 N–H and O–H groups in total. The maximum Gasteiger partial charge on any atom is 0.138 e. The van der Waals surface area contributed by atoms with Gasteiger partial charge >= 0.3 is 0 Å². The van der Waals surface area contributed by atoms with Crippen LogP contribution in [0.25, 0.3) is 0 Å². The van der Waals surface area contributed by atoms with Crippen LogP contribution in [0.5, 0.6) is 11.5 Å². The van der Waals surface area contributed by atoms with E-state index >= 15 is 0 Å². The highest BCUT2D eigenvalue weighted by atomic mass is 35.5. The van der Waals surface area contributed by atoms with Crippen LogP contribution in [0.4, 0.5) is 0 Å². The highest BCUT2D eigenvalue weighted by molar-refractivity contribution is 6.32. The first-order chi connectivity index (χ1) is 19.0. The van der Waals surface area contributed by atoms with Gasteiger partial charge in [-0.15, -0.1) is 0 Å². The van der Waals surface area contributed by atoms with E-state index in [0.717, 1.165) is 49.9 Å². The first kappa shape index (κ1) is 34.7. The molecule has 2 rings (SSSR count). The number of rotatable bonds is 19.